The van der Waals surface area contributed by atoms with E-state index < -0.39 is 0 Å². The van der Waals surface area contributed by atoms with Gasteiger partial charge in [-0.3, -0.25) is 0 Å². The van der Waals surface area contributed by atoms with Crippen molar-refractivity contribution in [2.24, 2.45) is 5.18 Å². The summed E-state index contributed by atoms with van der Waals surface area (Å²) < 4.78 is 0. The van der Waals surface area contributed by atoms with E-state index in [-0.39, 0.29) is 0 Å². The maximum absolute atomic E-state index is 9.82. The molecule has 0 radical (unpaired) electrons. The Morgan fingerprint density at radius 1 is 1.27 bits per heavy atom. The summed E-state index contributed by atoms with van der Waals surface area (Å²) in [5.74, 6) is 0. The normalized spacial score (nSPS) is 10.5. The van der Waals surface area contributed by atoms with Crippen LogP contribution in [0.1, 0.15) is 26.7 Å². The first-order valence-electron chi connectivity index (χ1n) is 4.36. The van der Waals surface area contributed by atoms with Gasteiger partial charge in [0.2, 0.25) is 0 Å². The second kappa shape index (κ2) is 7.66. The second-order valence-corrected chi connectivity index (χ2v) is 2.64. The summed E-state index contributed by atoms with van der Waals surface area (Å²) in [6.07, 6.45) is 2.43. The van der Waals surface area contributed by atoms with Gasteiger partial charge in [0.15, 0.2) is 0 Å². The van der Waals surface area contributed by atoms with E-state index in [0.29, 0.717) is 6.54 Å². The first kappa shape index (κ1) is 10.6. The minimum atomic E-state index is 0.428. The average molecular weight is 158 g/mol. The molecule has 0 amide bonds. The van der Waals surface area contributed by atoms with Crippen LogP contribution < -0.4 is 0 Å². The molecule has 0 bridgehead atoms. The molecule has 0 heterocycles. The fourth-order valence-corrected chi connectivity index (χ4v) is 0.992. The Hall–Kier alpha value is -0.440. The van der Waals surface area contributed by atoms with Crippen LogP contribution in [0.25, 0.3) is 0 Å². The molecule has 0 N–H and O–H groups in total. The first-order chi connectivity index (χ1) is 5.35. The standard InChI is InChI=1S/C8H18N2O/c1-3-5-7-10(4-2)8-6-9-11/h3-8H2,1-2H3. The van der Waals surface area contributed by atoms with Gasteiger partial charge >= 0.3 is 0 Å². The Balaban J connectivity index is 3.32. The van der Waals surface area contributed by atoms with Crippen molar-refractivity contribution >= 4 is 0 Å². The molecule has 66 valence electrons. The van der Waals surface area contributed by atoms with E-state index in [4.69, 9.17) is 0 Å². The third-order valence-electron chi connectivity index (χ3n) is 1.78. The highest BCUT2D eigenvalue weighted by Gasteiger charge is 1.99. The van der Waals surface area contributed by atoms with Crippen molar-refractivity contribution in [2.75, 3.05) is 26.2 Å². The lowest BCUT2D eigenvalue weighted by Crippen LogP contribution is -2.27. The van der Waals surface area contributed by atoms with Gasteiger partial charge in [-0.15, -0.1) is 0 Å². The van der Waals surface area contributed by atoms with Gasteiger partial charge in [0.05, 0.1) is 6.54 Å². The Kier molecular flexibility index (Phi) is 7.36. The van der Waals surface area contributed by atoms with E-state index in [2.05, 4.69) is 23.9 Å². The highest BCUT2D eigenvalue weighted by atomic mass is 16.3. The minimum absolute atomic E-state index is 0.428. The van der Waals surface area contributed by atoms with Crippen LogP contribution in [0.5, 0.6) is 0 Å². The van der Waals surface area contributed by atoms with Crippen molar-refractivity contribution in [1.29, 1.82) is 0 Å². The second-order valence-electron chi connectivity index (χ2n) is 2.64. The van der Waals surface area contributed by atoms with Crippen LogP contribution in [0, 0.1) is 4.91 Å². The topological polar surface area (TPSA) is 32.7 Å². The number of unbranched alkanes of at least 4 members (excludes halogenated alkanes) is 1. The molecule has 0 atom stereocenters. The monoisotopic (exact) mass is 158 g/mol. The highest BCUT2D eigenvalue weighted by molar-refractivity contribution is 4.56. The number of likely N-dealkylation sites (N-methyl/N-ethyl adjacent to an activating group) is 1. The van der Waals surface area contributed by atoms with Crippen molar-refractivity contribution in [3.8, 4) is 0 Å². The Morgan fingerprint density at radius 2 is 2.00 bits per heavy atom. The quantitative estimate of drug-likeness (QED) is 0.530. The lowest BCUT2D eigenvalue weighted by Gasteiger charge is -2.17. The maximum Gasteiger partial charge on any atom is 0.0938 e. The fourth-order valence-electron chi connectivity index (χ4n) is 0.992. The van der Waals surface area contributed by atoms with Crippen molar-refractivity contribution in [1.82, 2.24) is 4.90 Å². The summed E-state index contributed by atoms with van der Waals surface area (Å²) in [5, 5.41) is 2.84. The molecule has 0 aromatic carbocycles. The molecule has 0 rings (SSSR count). The molecule has 0 aliphatic rings. The van der Waals surface area contributed by atoms with Gasteiger partial charge in [-0.1, -0.05) is 25.4 Å². The SMILES string of the molecule is CCCCN(CC)CCN=O. The molecule has 3 heteroatoms. The third kappa shape index (κ3) is 5.98. The third-order valence-corrected chi connectivity index (χ3v) is 1.78. The summed E-state index contributed by atoms with van der Waals surface area (Å²) in [5.41, 5.74) is 0. The largest absolute Gasteiger partial charge is 0.302 e. The van der Waals surface area contributed by atoms with E-state index in [0.717, 1.165) is 19.6 Å². The Morgan fingerprint density at radius 3 is 2.45 bits per heavy atom. The van der Waals surface area contributed by atoms with Crippen LogP contribution in [-0.2, 0) is 0 Å². The van der Waals surface area contributed by atoms with E-state index in [1.54, 1.807) is 0 Å². The lowest BCUT2D eigenvalue weighted by molar-refractivity contribution is 0.291. The summed E-state index contributed by atoms with van der Waals surface area (Å²) >= 11 is 0. The predicted molar refractivity (Wildman–Crippen MR) is 47.7 cm³/mol. The van der Waals surface area contributed by atoms with Crippen molar-refractivity contribution in [3.05, 3.63) is 4.91 Å². The van der Waals surface area contributed by atoms with Gasteiger partial charge in [-0.05, 0) is 19.5 Å². The van der Waals surface area contributed by atoms with E-state index >= 15 is 0 Å². The smallest absolute Gasteiger partial charge is 0.0938 e. The highest BCUT2D eigenvalue weighted by Crippen LogP contribution is 1.93. The van der Waals surface area contributed by atoms with Gasteiger partial charge in [-0.25, -0.2) is 0 Å². The van der Waals surface area contributed by atoms with Crippen LogP contribution in [-0.4, -0.2) is 31.1 Å². The molecular formula is C8H18N2O. The number of hydrogen-bond acceptors (Lipinski definition) is 3. The molecule has 0 fully saturated rings. The lowest BCUT2D eigenvalue weighted by atomic mass is 10.3. The summed E-state index contributed by atoms with van der Waals surface area (Å²) in [6, 6.07) is 0. The van der Waals surface area contributed by atoms with Crippen LogP contribution in [0.15, 0.2) is 5.18 Å². The average Bonchev–Trinajstić information content (AvgIpc) is 2.05. The van der Waals surface area contributed by atoms with Gasteiger partial charge in [-0.2, -0.15) is 4.91 Å². The van der Waals surface area contributed by atoms with Gasteiger partial charge in [0.1, 0.15) is 0 Å². The molecule has 0 aromatic heterocycles. The van der Waals surface area contributed by atoms with Crippen LogP contribution in [0.4, 0.5) is 0 Å². The van der Waals surface area contributed by atoms with Crippen LogP contribution in [0.3, 0.4) is 0 Å². The molecule has 0 aromatic rings. The molecule has 0 unspecified atom stereocenters. The molecule has 0 aliphatic heterocycles. The minimum Gasteiger partial charge on any atom is -0.302 e. The maximum atomic E-state index is 9.82. The fraction of sp³-hybridized carbons (Fsp3) is 1.00. The summed E-state index contributed by atoms with van der Waals surface area (Å²) in [7, 11) is 0. The van der Waals surface area contributed by atoms with E-state index in [9.17, 15) is 4.91 Å². The zero-order chi connectivity index (χ0) is 8.53. The van der Waals surface area contributed by atoms with Crippen molar-refractivity contribution in [3.63, 3.8) is 0 Å². The van der Waals surface area contributed by atoms with Gasteiger partial charge < -0.3 is 4.90 Å². The molecule has 0 aliphatic carbocycles. The predicted octanol–water partition coefficient (Wildman–Crippen LogP) is 1.87. The number of nitrogens with zero attached hydrogens (tertiary/aromatic N) is 2. The van der Waals surface area contributed by atoms with E-state index in [1.807, 2.05) is 0 Å². The molecule has 3 nitrogen and oxygen atoms in total. The Bertz CT molecular complexity index is 96.1. The Labute approximate surface area is 68.7 Å². The summed E-state index contributed by atoms with van der Waals surface area (Å²) in [6.45, 7) is 7.65. The molecule has 0 saturated carbocycles. The van der Waals surface area contributed by atoms with Crippen molar-refractivity contribution < 1.29 is 0 Å². The molecule has 0 spiro atoms. The van der Waals surface area contributed by atoms with Crippen LogP contribution >= 0.6 is 0 Å². The number of rotatable bonds is 7. The molecular weight excluding hydrogens is 140 g/mol. The van der Waals surface area contributed by atoms with Gasteiger partial charge in [0, 0.05) is 6.54 Å². The summed E-state index contributed by atoms with van der Waals surface area (Å²) in [4.78, 5) is 12.1. The van der Waals surface area contributed by atoms with Crippen LogP contribution in [0.2, 0.25) is 0 Å². The van der Waals surface area contributed by atoms with Gasteiger partial charge in [0.25, 0.3) is 0 Å². The molecule has 11 heavy (non-hydrogen) atoms. The number of hydrogen-bond donors (Lipinski definition) is 0. The van der Waals surface area contributed by atoms with Crippen molar-refractivity contribution in [2.45, 2.75) is 26.7 Å². The number of nitroso groups, excluding NO2 is 1. The molecule has 0 saturated heterocycles. The first-order valence-corrected chi connectivity index (χ1v) is 4.36. The zero-order valence-corrected chi connectivity index (χ0v) is 7.55. The zero-order valence-electron chi connectivity index (χ0n) is 7.55. The van der Waals surface area contributed by atoms with E-state index in [1.165, 1.54) is 12.8 Å².